The van der Waals surface area contributed by atoms with Crippen molar-refractivity contribution in [1.82, 2.24) is 0 Å². The van der Waals surface area contributed by atoms with Gasteiger partial charge in [-0.25, -0.2) is 0 Å². The first-order chi connectivity index (χ1) is 11.3. The molecule has 0 saturated carbocycles. The molecule has 0 saturated heterocycles. The van der Waals surface area contributed by atoms with Crippen LogP contribution >= 0.6 is 46.1 Å². The van der Waals surface area contributed by atoms with Gasteiger partial charge in [-0.05, 0) is 35.9 Å². The third kappa shape index (κ3) is 4.21. The van der Waals surface area contributed by atoms with E-state index in [0.29, 0.717) is 5.75 Å². The minimum absolute atomic E-state index is 0.185. The van der Waals surface area contributed by atoms with Crippen LogP contribution in [-0.4, -0.2) is 18.9 Å². The maximum atomic E-state index is 11.9. The molecule has 0 aliphatic rings. The summed E-state index contributed by atoms with van der Waals surface area (Å²) in [4.78, 5) is 24.5. The molecule has 0 spiro atoms. The smallest absolute Gasteiger partial charge is 0.269 e. The normalized spacial score (nSPS) is 10.2. The quantitative estimate of drug-likeness (QED) is 0.726. The Morgan fingerprint density at radius 1 is 1.17 bits per heavy atom. The Morgan fingerprint density at radius 2 is 1.79 bits per heavy atom. The van der Waals surface area contributed by atoms with Crippen LogP contribution in [0.25, 0.3) is 10.4 Å². The van der Waals surface area contributed by atoms with Gasteiger partial charge in [-0.3, -0.25) is 9.59 Å². The van der Waals surface area contributed by atoms with Gasteiger partial charge >= 0.3 is 0 Å². The molecule has 0 aliphatic heterocycles. The van der Waals surface area contributed by atoms with Gasteiger partial charge in [-0.15, -0.1) is 11.3 Å². The molecule has 1 aromatic heterocycles. The summed E-state index contributed by atoms with van der Waals surface area (Å²) in [6, 6.07) is 8.83. The lowest BCUT2D eigenvalue weighted by molar-refractivity contribution is -0.112. The van der Waals surface area contributed by atoms with Crippen molar-refractivity contribution in [2.75, 3.05) is 12.4 Å². The lowest BCUT2D eigenvalue weighted by Gasteiger charge is -2.03. The van der Waals surface area contributed by atoms with Crippen LogP contribution in [0.5, 0.6) is 5.75 Å². The Labute approximate surface area is 157 Å². The van der Waals surface area contributed by atoms with Crippen molar-refractivity contribution >= 4 is 63.6 Å². The molecule has 0 aliphatic carbocycles. The number of thiophene rings is 1. The molecular weight excluding hydrogens is 395 g/mol. The van der Waals surface area contributed by atoms with Crippen LogP contribution in [-0.2, 0) is 4.79 Å². The SMILES string of the molecule is COc1ccc(-c2cc(NC(=O)C(Cl)=C(Cl)Cl)c(C(N)=O)s2)cc1. The standard InChI is InChI=1S/C15H11Cl3N2O3S/c1-23-8-4-2-7(3-5-8)10-6-9(12(24-10)14(19)21)20-15(22)11(16)13(17)18/h2-6H,1H3,(H2,19,21)(H,20,22). The van der Waals surface area contributed by atoms with E-state index in [0.717, 1.165) is 21.8 Å². The van der Waals surface area contributed by atoms with E-state index in [4.69, 9.17) is 45.3 Å². The number of halogens is 3. The highest BCUT2D eigenvalue weighted by atomic mass is 35.5. The van der Waals surface area contributed by atoms with E-state index in [-0.39, 0.29) is 20.1 Å². The number of carbonyl (C=O) groups excluding carboxylic acids is 2. The number of anilines is 1. The molecule has 3 N–H and O–H groups in total. The summed E-state index contributed by atoms with van der Waals surface area (Å²) in [5, 5.41) is 2.09. The Morgan fingerprint density at radius 3 is 2.29 bits per heavy atom. The first-order valence-corrected chi connectivity index (χ1v) is 8.38. The topological polar surface area (TPSA) is 81.4 Å². The van der Waals surface area contributed by atoms with Crippen molar-refractivity contribution in [3.05, 3.63) is 44.7 Å². The second-order valence-corrected chi connectivity index (χ2v) is 6.85. The number of amides is 2. The van der Waals surface area contributed by atoms with Gasteiger partial charge in [0.15, 0.2) is 0 Å². The molecule has 2 aromatic rings. The van der Waals surface area contributed by atoms with Crippen molar-refractivity contribution in [3.8, 4) is 16.2 Å². The van der Waals surface area contributed by atoms with Crippen molar-refractivity contribution in [1.29, 1.82) is 0 Å². The van der Waals surface area contributed by atoms with Gasteiger partial charge in [-0.2, -0.15) is 0 Å². The molecule has 126 valence electrons. The van der Waals surface area contributed by atoms with Crippen LogP contribution in [0.15, 0.2) is 39.9 Å². The van der Waals surface area contributed by atoms with Gasteiger partial charge in [0.25, 0.3) is 11.8 Å². The van der Waals surface area contributed by atoms with E-state index in [2.05, 4.69) is 5.32 Å². The molecule has 1 aromatic carbocycles. The number of benzene rings is 1. The van der Waals surface area contributed by atoms with Crippen LogP contribution < -0.4 is 15.8 Å². The molecule has 0 bridgehead atoms. The van der Waals surface area contributed by atoms with E-state index in [1.54, 1.807) is 25.3 Å². The summed E-state index contributed by atoms with van der Waals surface area (Å²) in [6.07, 6.45) is 0. The highest BCUT2D eigenvalue weighted by Crippen LogP contribution is 2.35. The first kappa shape index (κ1) is 18.6. The first-order valence-electron chi connectivity index (χ1n) is 6.43. The molecule has 1 heterocycles. The van der Waals surface area contributed by atoms with Crippen molar-refractivity contribution in [2.45, 2.75) is 0 Å². The second-order valence-electron chi connectivity index (χ2n) is 4.47. The fourth-order valence-electron chi connectivity index (χ4n) is 1.83. The van der Waals surface area contributed by atoms with E-state index in [1.807, 2.05) is 12.1 Å². The number of primary amides is 1. The number of hydrogen-bond donors (Lipinski definition) is 2. The van der Waals surface area contributed by atoms with Crippen LogP contribution in [0.3, 0.4) is 0 Å². The largest absolute Gasteiger partial charge is 0.497 e. The average molecular weight is 406 g/mol. The van der Waals surface area contributed by atoms with Crippen molar-refractivity contribution in [3.63, 3.8) is 0 Å². The minimum Gasteiger partial charge on any atom is -0.497 e. The molecule has 0 fully saturated rings. The van der Waals surface area contributed by atoms with E-state index in [1.165, 1.54) is 0 Å². The second kappa shape index (κ2) is 7.90. The zero-order valence-corrected chi connectivity index (χ0v) is 15.3. The zero-order chi connectivity index (χ0) is 17.9. The van der Waals surface area contributed by atoms with E-state index >= 15 is 0 Å². The predicted molar refractivity (Wildman–Crippen MR) is 98.0 cm³/mol. The third-order valence-corrected chi connectivity index (χ3v) is 5.07. The minimum atomic E-state index is -0.738. The molecule has 0 atom stereocenters. The maximum Gasteiger partial charge on any atom is 0.269 e. The lowest BCUT2D eigenvalue weighted by Crippen LogP contribution is -2.16. The number of ether oxygens (including phenoxy) is 1. The average Bonchev–Trinajstić information content (AvgIpc) is 2.98. The summed E-state index contributed by atoms with van der Waals surface area (Å²) < 4.78 is 4.73. The van der Waals surface area contributed by atoms with Crippen LogP contribution in [0.1, 0.15) is 9.67 Å². The van der Waals surface area contributed by atoms with Gasteiger partial charge in [0.1, 0.15) is 20.2 Å². The monoisotopic (exact) mass is 404 g/mol. The predicted octanol–water partition coefficient (Wildman–Crippen LogP) is 4.35. The maximum absolute atomic E-state index is 11.9. The highest BCUT2D eigenvalue weighted by molar-refractivity contribution is 7.18. The van der Waals surface area contributed by atoms with Gasteiger partial charge in [0.2, 0.25) is 0 Å². The van der Waals surface area contributed by atoms with Crippen molar-refractivity contribution < 1.29 is 14.3 Å². The van der Waals surface area contributed by atoms with Crippen LogP contribution in [0.4, 0.5) is 5.69 Å². The molecule has 0 radical (unpaired) electrons. The Hall–Kier alpha value is -1.73. The fraction of sp³-hybridized carbons (Fsp3) is 0.0667. The summed E-state index contributed by atoms with van der Waals surface area (Å²) in [5.74, 6) is -0.710. The van der Waals surface area contributed by atoms with Gasteiger partial charge in [-0.1, -0.05) is 34.8 Å². The lowest BCUT2D eigenvalue weighted by atomic mass is 10.2. The number of nitrogens with two attached hydrogens (primary N) is 1. The fourth-order valence-corrected chi connectivity index (χ4v) is 3.02. The summed E-state index contributed by atoms with van der Waals surface area (Å²) >= 11 is 17.8. The summed E-state index contributed by atoms with van der Waals surface area (Å²) in [6.45, 7) is 0. The summed E-state index contributed by atoms with van der Waals surface area (Å²) in [5.41, 5.74) is 6.43. The third-order valence-electron chi connectivity index (χ3n) is 2.94. The number of hydrogen-bond acceptors (Lipinski definition) is 4. The van der Waals surface area contributed by atoms with Crippen LogP contribution in [0.2, 0.25) is 0 Å². The van der Waals surface area contributed by atoms with Gasteiger partial charge in [0.05, 0.1) is 12.8 Å². The molecular formula is C15H11Cl3N2O3S. The Kier molecular flexibility index (Phi) is 6.12. The number of rotatable bonds is 5. The van der Waals surface area contributed by atoms with Crippen LogP contribution in [0, 0.1) is 0 Å². The molecule has 5 nitrogen and oxygen atoms in total. The highest BCUT2D eigenvalue weighted by Gasteiger charge is 2.19. The molecule has 0 unspecified atom stereocenters. The summed E-state index contributed by atoms with van der Waals surface area (Å²) in [7, 11) is 1.57. The number of methoxy groups -OCH3 is 1. The molecule has 24 heavy (non-hydrogen) atoms. The van der Waals surface area contributed by atoms with Gasteiger partial charge in [0, 0.05) is 4.88 Å². The zero-order valence-electron chi connectivity index (χ0n) is 12.2. The molecule has 9 heteroatoms. The number of carbonyl (C=O) groups is 2. The van der Waals surface area contributed by atoms with E-state index in [9.17, 15) is 9.59 Å². The van der Waals surface area contributed by atoms with Gasteiger partial charge < -0.3 is 15.8 Å². The molecule has 2 amide bonds. The van der Waals surface area contributed by atoms with Crippen molar-refractivity contribution in [2.24, 2.45) is 5.73 Å². The Balaban J connectivity index is 2.38. The Bertz CT molecular complexity index is 812. The number of nitrogens with one attached hydrogen (secondary N) is 1. The molecule has 2 rings (SSSR count). The van der Waals surface area contributed by atoms with E-state index < -0.39 is 11.8 Å².